The molecule has 1 aliphatic heterocycles. The number of rotatable bonds is 0. The summed E-state index contributed by atoms with van der Waals surface area (Å²) in [5.74, 6) is 0. The molecule has 2 rings (SSSR count). The van der Waals surface area contributed by atoms with E-state index in [0.29, 0.717) is 0 Å². The van der Waals surface area contributed by atoms with Crippen molar-refractivity contribution in [2.24, 2.45) is 0 Å². The molecule has 2 aliphatic rings. The third-order valence-electron chi connectivity index (χ3n) is 2.12. The second kappa shape index (κ2) is 3.09. The van der Waals surface area contributed by atoms with E-state index >= 15 is 0 Å². The van der Waals surface area contributed by atoms with Crippen LogP contribution in [0.25, 0.3) is 0 Å². The molecule has 1 heterocycles. The molecule has 0 fully saturated rings. The van der Waals surface area contributed by atoms with E-state index in [4.69, 9.17) is 4.74 Å². The Morgan fingerprint density at radius 3 is 3.45 bits per heavy atom. The van der Waals surface area contributed by atoms with Crippen LogP contribution in [0.4, 0.5) is 0 Å². The molecule has 0 aromatic carbocycles. The highest BCUT2D eigenvalue weighted by Gasteiger charge is 2.10. The minimum Gasteiger partial charge on any atom is -0.383 e. The summed E-state index contributed by atoms with van der Waals surface area (Å²) in [4.78, 5) is 0. The van der Waals surface area contributed by atoms with Crippen LogP contribution in [0.1, 0.15) is 12.8 Å². The molecular formula is C9H13NO. The molecule has 2 nitrogen and oxygen atoms in total. The lowest BCUT2D eigenvalue weighted by molar-refractivity contribution is 0.164. The van der Waals surface area contributed by atoms with Gasteiger partial charge in [0, 0.05) is 12.2 Å². The molecule has 2 heteroatoms. The number of allylic oxidation sites excluding steroid dienone is 2. The van der Waals surface area contributed by atoms with Crippen molar-refractivity contribution >= 4 is 0 Å². The molecule has 0 saturated heterocycles. The summed E-state index contributed by atoms with van der Waals surface area (Å²) in [7, 11) is 0. The average molecular weight is 151 g/mol. The van der Waals surface area contributed by atoms with E-state index < -0.39 is 0 Å². The first-order valence-electron chi connectivity index (χ1n) is 4.17. The largest absolute Gasteiger partial charge is 0.383 e. The monoisotopic (exact) mass is 151 g/mol. The maximum absolute atomic E-state index is 5.41. The van der Waals surface area contributed by atoms with Crippen molar-refractivity contribution in [3.63, 3.8) is 0 Å². The minimum atomic E-state index is 0.826. The highest BCUT2D eigenvalue weighted by molar-refractivity contribution is 5.28. The lowest BCUT2D eigenvalue weighted by Gasteiger charge is -2.12. The molecule has 0 bridgehead atoms. The Labute approximate surface area is 66.9 Å². The second-order valence-electron chi connectivity index (χ2n) is 2.94. The summed E-state index contributed by atoms with van der Waals surface area (Å²) >= 11 is 0. The Bertz CT molecular complexity index is 206. The van der Waals surface area contributed by atoms with Crippen LogP contribution in [0.5, 0.6) is 0 Å². The molecule has 0 spiro atoms. The topological polar surface area (TPSA) is 21.3 Å². The fraction of sp³-hybridized carbons (Fsp3) is 0.556. The van der Waals surface area contributed by atoms with Gasteiger partial charge in [0.05, 0.1) is 13.2 Å². The Balaban J connectivity index is 2.17. The normalized spacial score (nSPS) is 24.0. The third-order valence-corrected chi connectivity index (χ3v) is 2.12. The maximum atomic E-state index is 5.41. The molecule has 11 heavy (non-hydrogen) atoms. The summed E-state index contributed by atoms with van der Waals surface area (Å²) in [6.45, 7) is 2.61. The molecule has 0 aromatic rings. The van der Waals surface area contributed by atoms with Gasteiger partial charge in [0.2, 0.25) is 0 Å². The Morgan fingerprint density at radius 1 is 1.45 bits per heavy atom. The zero-order valence-corrected chi connectivity index (χ0v) is 6.60. The van der Waals surface area contributed by atoms with Gasteiger partial charge in [0.1, 0.15) is 0 Å². The number of hydrogen-bond donors (Lipinski definition) is 1. The van der Waals surface area contributed by atoms with Crippen LogP contribution in [0, 0.1) is 0 Å². The number of nitrogens with one attached hydrogen (secondary N) is 1. The second-order valence-corrected chi connectivity index (χ2v) is 2.94. The molecular weight excluding hydrogens is 138 g/mol. The van der Waals surface area contributed by atoms with Crippen molar-refractivity contribution in [1.29, 1.82) is 0 Å². The van der Waals surface area contributed by atoms with E-state index in [1.54, 1.807) is 0 Å². The molecule has 0 unspecified atom stereocenters. The first kappa shape index (κ1) is 6.92. The number of ether oxygens (including phenoxy) is 1. The highest BCUT2D eigenvalue weighted by atomic mass is 16.5. The van der Waals surface area contributed by atoms with Crippen LogP contribution >= 0.6 is 0 Å². The third kappa shape index (κ3) is 1.46. The minimum absolute atomic E-state index is 0.826. The molecule has 0 radical (unpaired) electrons. The zero-order valence-electron chi connectivity index (χ0n) is 6.60. The van der Waals surface area contributed by atoms with Crippen molar-refractivity contribution in [2.45, 2.75) is 12.8 Å². The van der Waals surface area contributed by atoms with Gasteiger partial charge in [-0.15, -0.1) is 0 Å². The fourth-order valence-electron chi connectivity index (χ4n) is 1.50. The van der Waals surface area contributed by atoms with E-state index in [-0.39, 0.29) is 0 Å². The van der Waals surface area contributed by atoms with Crippen molar-refractivity contribution in [3.8, 4) is 0 Å². The molecule has 0 saturated carbocycles. The first-order valence-corrected chi connectivity index (χ1v) is 4.17. The van der Waals surface area contributed by atoms with Crippen LogP contribution in [0.3, 0.4) is 0 Å². The maximum Gasteiger partial charge on any atom is 0.0700 e. The summed E-state index contributed by atoms with van der Waals surface area (Å²) in [5, 5.41) is 3.35. The van der Waals surface area contributed by atoms with Crippen molar-refractivity contribution < 1.29 is 4.74 Å². The van der Waals surface area contributed by atoms with Crippen molar-refractivity contribution in [3.05, 3.63) is 23.4 Å². The fourth-order valence-corrected chi connectivity index (χ4v) is 1.50. The average Bonchev–Trinajstić information content (AvgIpc) is 2.28. The Morgan fingerprint density at radius 2 is 2.45 bits per heavy atom. The van der Waals surface area contributed by atoms with Gasteiger partial charge in [-0.05, 0) is 24.5 Å². The molecule has 0 aromatic heterocycles. The predicted octanol–water partition coefficient (Wildman–Crippen LogP) is 1.21. The SMILES string of the molecule is C1=CC2=C(CC1)COCCN2. The smallest absolute Gasteiger partial charge is 0.0700 e. The summed E-state index contributed by atoms with van der Waals surface area (Å²) in [6, 6.07) is 0. The van der Waals surface area contributed by atoms with E-state index in [1.807, 2.05) is 0 Å². The zero-order chi connectivity index (χ0) is 7.52. The molecule has 0 amide bonds. The lowest BCUT2D eigenvalue weighted by Crippen LogP contribution is -2.16. The molecule has 1 aliphatic carbocycles. The van der Waals surface area contributed by atoms with Crippen LogP contribution in [-0.4, -0.2) is 19.8 Å². The lowest BCUT2D eigenvalue weighted by atomic mass is 10.0. The van der Waals surface area contributed by atoms with Gasteiger partial charge in [0.15, 0.2) is 0 Å². The Hall–Kier alpha value is -0.760. The van der Waals surface area contributed by atoms with Gasteiger partial charge < -0.3 is 10.1 Å². The summed E-state index contributed by atoms with van der Waals surface area (Å²) in [5.41, 5.74) is 2.73. The van der Waals surface area contributed by atoms with Crippen LogP contribution < -0.4 is 5.32 Å². The van der Waals surface area contributed by atoms with E-state index in [9.17, 15) is 0 Å². The summed E-state index contributed by atoms with van der Waals surface area (Å²) in [6.07, 6.45) is 6.73. The van der Waals surface area contributed by atoms with Crippen LogP contribution in [0.15, 0.2) is 23.4 Å². The number of hydrogen-bond acceptors (Lipinski definition) is 2. The van der Waals surface area contributed by atoms with Gasteiger partial charge >= 0.3 is 0 Å². The van der Waals surface area contributed by atoms with E-state index in [1.165, 1.54) is 24.1 Å². The van der Waals surface area contributed by atoms with Crippen LogP contribution in [-0.2, 0) is 4.74 Å². The van der Waals surface area contributed by atoms with Gasteiger partial charge in [-0.3, -0.25) is 0 Å². The standard InChI is InChI=1S/C9H13NO/c1-2-4-9-8(3-1)7-11-6-5-10-9/h2,4,10H,1,3,5-7H2. The van der Waals surface area contributed by atoms with Gasteiger partial charge in [0.25, 0.3) is 0 Å². The Kier molecular flexibility index (Phi) is 1.95. The van der Waals surface area contributed by atoms with Gasteiger partial charge in [-0.1, -0.05) is 6.08 Å². The van der Waals surface area contributed by atoms with Crippen molar-refractivity contribution in [1.82, 2.24) is 5.32 Å². The van der Waals surface area contributed by atoms with E-state index in [0.717, 1.165) is 19.8 Å². The molecule has 1 N–H and O–H groups in total. The quantitative estimate of drug-likeness (QED) is 0.562. The predicted molar refractivity (Wildman–Crippen MR) is 44.2 cm³/mol. The van der Waals surface area contributed by atoms with Crippen LogP contribution in [0.2, 0.25) is 0 Å². The van der Waals surface area contributed by atoms with Gasteiger partial charge in [-0.2, -0.15) is 0 Å². The van der Waals surface area contributed by atoms with E-state index in [2.05, 4.69) is 17.5 Å². The van der Waals surface area contributed by atoms with Crippen molar-refractivity contribution in [2.75, 3.05) is 19.8 Å². The molecule has 0 atom stereocenters. The van der Waals surface area contributed by atoms with Gasteiger partial charge in [-0.25, -0.2) is 0 Å². The highest BCUT2D eigenvalue weighted by Crippen LogP contribution is 2.18. The summed E-state index contributed by atoms with van der Waals surface area (Å²) < 4.78 is 5.41. The first-order chi connectivity index (χ1) is 5.47. The molecule has 60 valence electrons.